The predicted molar refractivity (Wildman–Crippen MR) is 84.8 cm³/mol. The smallest absolute Gasteiger partial charge is 0.241 e. The van der Waals surface area contributed by atoms with E-state index in [0.29, 0.717) is 5.92 Å². The second-order valence-corrected chi connectivity index (χ2v) is 7.47. The van der Waals surface area contributed by atoms with Crippen LogP contribution in [0.15, 0.2) is 0 Å². The second kappa shape index (κ2) is 5.88. The molecule has 122 valence electrons. The Hall–Kier alpha value is -0.610. The van der Waals surface area contributed by atoms with E-state index in [1.165, 1.54) is 0 Å². The number of nitrogens with one attached hydrogen (secondary N) is 1. The fourth-order valence-electron chi connectivity index (χ4n) is 4.48. The Morgan fingerprint density at radius 2 is 2.00 bits per heavy atom. The molecule has 0 spiro atoms. The molecule has 4 heteroatoms. The fourth-order valence-corrected chi connectivity index (χ4v) is 4.48. The highest BCUT2D eigenvalue weighted by molar-refractivity contribution is 5.89. The molecule has 4 atom stereocenters. The van der Waals surface area contributed by atoms with E-state index in [4.69, 9.17) is 10.5 Å². The van der Waals surface area contributed by atoms with Crippen LogP contribution in [0.25, 0.3) is 0 Å². The van der Waals surface area contributed by atoms with Gasteiger partial charge in [-0.15, -0.1) is 0 Å². The molecule has 1 saturated heterocycles. The van der Waals surface area contributed by atoms with Crippen molar-refractivity contribution in [2.45, 2.75) is 78.0 Å². The molecule has 4 nitrogen and oxygen atoms in total. The Morgan fingerprint density at radius 1 is 1.38 bits per heavy atom. The van der Waals surface area contributed by atoms with Crippen molar-refractivity contribution < 1.29 is 9.53 Å². The Labute approximate surface area is 129 Å². The van der Waals surface area contributed by atoms with Gasteiger partial charge in [-0.05, 0) is 25.7 Å². The van der Waals surface area contributed by atoms with E-state index in [1.54, 1.807) is 0 Å². The lowest BCUT2D eigenvalue weighted by molar-refractivity contribution is -0.225. The molecule has 1 amide bonds. The van der Waals surface area contributed by atoms with E-state index < -0.39 is 5.54 Å². The first kappa shape index (κ1) is 16.8. The Kier molecular flexibility index (Phi) is 4.69. The van der Waals surface area contributed by atoms with Crippen molar-refractivity contribution in [3.63, 3.8) is 0 Å². The van der Waals surface area contributed by atoms with Crippen LogP contribution in [0.4, 0.5) is 0 Å². The molecule has 2 fully saturated rings. The van der Waals surface area contributed by atoms with E-state index >= 15 is 0 Å². The standard InChI is InChI=1S/C17H32N2O2/c1-6-12(7-2)11(3)19-15(20)17(18)13-9-8-10-21-14(13)16(17,4)5/h11-14H,6-10,18H2,1-5H3,(H,19,20). The van der Waals surface area contributed by atoms with E-state index in [9.17, 15) is 4.79 Å². The van der Waals surface area contributed by atoms with E-state index in [-0.39, 0.29) is 29.4 Å². The van der Waals surface area contributed by atoms with Crippen LogP contribution in [-0.4, -0.2) is 30.2 Å². The van der Waals surface area contributed by atoms with Crippen LogP contribution in [0, 0.1) is 17.3 Å². The summed E-state index contributed by atoms with van der Waals surface area (Å²) >= 11 is 0. The van der Waals surface area contributed by atoms with Crippen LogP contribution in [0.2, 0.25) is 0 Å². The van der Waals surface area contributed by atoms with Crippen LogP contribution >= 0.6 is 0 Å². The highest BCUT2D eigenvalue weighted by Crippen LogP contribution is 2.57. The summed E-state index contributed by atoms with van der Waals surface area (Å²) in [6, 6.07) is 0.173. The molecule has 3 N–H and O–H groups in total. The lowest BCUT2D eigenvalue weighted by Gasteiger charge is -2.65. The second-order valence-electron chi connectivity index (χ2n) is 7.47. The Balaban J connectivity index is 2.10. The van der Waals surface area contributed by atoms with E-state index in [1.807, 2.05) is 0 Å². The third-order valence-electron chi connectivity index (χ3n) is 6.18. The maximum Gasteiger partial charge on any atom is 0.241 e. The lowest BCUT2D eigenvalue weighted by atomic mass is 9.46. The zero-order valence-corrected chi connectivity index (χ0v) is 14.2. The van der Waals surface area contributed by atoms with Crippen molar-refractivity contribution in [3.05, 3.63) is 0 Å². The third-order valence-corrected chi connectivity index (χ3v) is 6.18. The largest absolute Gasteiger partial charge is 0.377 e. The van der Waals surface area contributed by atoms with Crippen molar-refractivity contribution in [1.29, 1.82) is 0 Å². The number of carbonyl (C=O) groups excluding carboxylic acids is 1. The molecule has 0 aromatic heterocycles. The van der Waals surface area contributed by atoms with Gasteiger partial charge < -0.3 is 15.8 Å². The number of hydrogen-bond acceptors (Lipinski definition) is 3. The molecular formula is C17H32N2O2. The minimum atomic E-state index is -0.793. The van der Waals surface area contributed by atoms with Gasteiger partial charge in [-0.25, -0.2) is 0 Å². The summed E-state index contributed by atoms with van der Waals surface area (Å²) in [6.45, 7) is 11.4. The summed E-state index contributed by atoms with van der Waals surface area (Å²) in [7, 11) is 0. The van der Waals surface area contributed by atoms with Gasteiger partial charge in [0.2, 0.25) is 5.91 Å². The molecule has 2 rings (SSSR count). The van der Waals surface area contributed by atoms with Crippen LogP contribution in [0.3, 0.4) is 0 Å². The van der Waals surface area contributed by atoms with Crippen molar-refractivity contribution in [2.75, 3.05) is 6.61 Å². The highest BCUT2D eigenvalue weighted by atomic mass is 16.5. The first-order valence-corrected chi connectivity index (χ1v) is 8.52. The molecule has 0 aromatic rings. The molecule has 1 heterocycles. The lowest BCUT2D eigenvalue weighted by Crippen LogP contribution is -2.82. The average molecular weight is 296 g/mol. The maximum absolute atomic E-state index is 12.9. The Bertz CT molecular complexity index is 392. The number of carbonyl (C=O) groups is 1. The van der Waals surface area contributed by atoms with Gasteiger partial charge in [-0.2, -0.15) is 0 Å². The van der Waals surface area contributed by atoms with Crippen molar-refractivity contribution >= 4 is 5.91 Å². The quantitative estimate of drug-likeness (QED) is 0.819. The molecule has 21 heavy (non-hydrogen) atoms. The monoisotopic (exact) mass is 296 g/mol. The predicted octanol–water partition coefficient (Wildman–Crippen LogP) is 2.46. The molecule has 4 unspecified atom stereocenters. The first-order valence-electron chi connectivity index (χ1n) is 8.52. The normalized spacial score (nSPS) is 35.8. The highest BCUT2D eigenvalue weighted by Gasteiger charge is 2.70. The molecule has 1 aliphatic carbocycles. The fraction of sp³-hybridized carbons (Fsp3) is 0.941. The number of nitrogens with two attached hydrogens (primary N) is 1. The molecule has 0 radical (unpaired) electrons. The van der Waals surface area contributed by atoms with Gasteiger partial charge in [0.05, 0.1) is 6.10 Å². The number of fused-ring (bicyclic) bond motifs is 1. The van der Waals surface area contributed by atoms with Crippen LogP contribution in [0.1, 0.15) is 60.3 Å². The van der Waals surface area contributed by atoms with Gasteiger partial charge in [0, 0.05) is 24.0 Å². The molecule has 1 aliphatic heterocycles. The Morgan fingerprint density at radius 3 is 2.57 bits per heavy atom. The summed E-state index contributed by atoms with van der Waals surface area (Å²) in [6.07, 6.45) is 4.29. The molecule has 0 bridgehead atoms. The van der Waals surface area contributed by atoms with Gasteiger partial charge in [-0.1, -0.05) is 40.5 Å². The number of rotatable bonds is 5. The van der Waals surface area contributed by atoms with Gasteiger partial charge in [-0.3, -0.25) is 4.79 Å². The molecule has 2 aliphatic rings. The summed E-state index contributed by atoms with van der Waals surface area (Å²) in [4.78, 5) is 12.9. The van der Waals surface area contributed by atoms with Gasteiger partial charge in [0.15, 0.2) is 0 Å². The number of hydrogen-bond donors (Lipinski definition) is 2. The van der Waals surface area contributed by atoms with Crippen LogP contribution in [-0.2, 0) is 9.53 Å². The van der Waals surface area contributed by atoms with Crippen molar-refractivity contribution in [1.82, 2.24) is 5.32 Å². The minimum absolute atomic E-state index is 0.0126. The van der Waals surface area contributed by atoms with E-state index in [2.05, 4.69) is 39.9 Å². The summed E-state index contributed by atoms with van der Waals surface area (Å²) < 4.78 is 5.87. The zero-order chi connectivity index (χ0) is 15.8. The zero-order valence-electron chi connectivity index (χ0n) is 14.2. The topological polar surface area (TPSA) is 64.4 Å². The third kappa shape index (κ3) is 2.40. The summed E-state index contributed by atoms with van der Waals surface area (Å²) in [5.41, 5.74) is 5.53. The first-order chi connectivity index (χ1) is 9.80. The average Bonchev–Trinajstić information content (AvgIpc) is 2.47. The number of amides is 1. The molecule has 0 aromatic carbocycles. The van der Waals surface area contributed by atoms with E-state index in [0.717, 1.165) is 32.3 Å². The number of ether oxygens (including phenoxy) is 1. The van der Waals surface area contributed by atoms with Crippen LogP contribution < -0.4 is 11.1 Å². The summed E-state index contributed by atoms with van der Waals surface area (Å²) in [5, 5.41) is 3.19. The van der Waals surface area contributed by atoms with Gasteiger partial charge in [0.1, 0.15) is 5.54 Å². The SMILES string of the molecule is CCC(CC)C(C)NC(=O)C1(N)C2CCCOC2C1(C)C. The van der Waals surface area contributed by atoms with Crippen molar-refractivity contribution in [3.8, 4) is 0 Å². The van der Waals surface area contributed by atoms with Crippen LogP contribution in [0.5, 0.6) is 0 Å². The molecular weight excluding hydrogens is 264 g/mol. The van der Waals surface area contributed by atoms with Gasteiger partial charge in [0.25, 0.3) is 0 Å². The van der Waals surface area contributed by atoms with Crippen molar-refractivity contribution in [2.24, 2.45) is 23.0 Å². The molecule has 1 saturated carbocycles. The van der Waals surface area contributed by atoms with Gasteiger partial charge >= 0.3 is 0 Å². The minimum Gasteiger partial charge on any atom is -0.377 e. The summed E-state index contributed by atoms with van der Waals surface area (Å²) in [5.74, 6) is 0.688. The maximum atomic E-state index is 12.9.